The molecule has 0 radical (unpaired) electrons. The Balaban J connectivity index is 2.27. The standard InChI is InChI=1S/C28H46O5/c1-18(25(29)30)16-33-17-23(26(31)32)24(19-8-12-21(13-9-19)27(2,3)4)20-10-14-22(15-11-20)28(5,6)7/h19-22H,1,8-17H2,2-7H3,(H,29,30)(H,31,32). The first-order chi connectivity index (χ1) is 15.2. The summed E-state index contributed by atoms with van der Waals surface area (Å²) in [5, 5.41) is 19.2. The number of aliphatic carboxylic acids is 2. The molecule has 0 spiro atoms. The summed E-state index contributed by atoms with van der Waals surface area (Å²) in [5.41, 5.74) is 1.93. The Bertz CT molecular complexity index is 697. The number of ether oxygens (including phenoxy) is 1. The van der Waals surface area contributed by atoms with E-state index in [0.29, 0.717) is 17.4 Å². The van der Waals surface area contributed by atoms with Crippen molar-refractivity contribution in [2.24, 2.45) is 34.5 Å². The number of carboxylic acid groups (broad SMARTS) is 2. The summed E-state index contributed by atoms with van der Waals surface area (Å²) in [4.78, 5) is 23.5. The van der Waals surface area contributed by atoms with Crippen molar-refractivity contribution < 1.29 is 24.5 Å². The molecule has 0 atom stereocenters. The van der Waals surface area contributed by atoms with E-state index in [1.807, 2.05) is 0 Å². The Hall–Kier alpha value is -1.62. The molecule has 0 bridgehead atoms. The second kappa shape index (κ2) is 11.2. The summed E-state index contributed by atoms with van der Waals surface area (Å²) < 4.78 is 5.57. The SMILES string of the molecule is C=C(COCC(C(=O)O)=C(C1CCC(C(C)(C)C)CC1)C1CCC(C(C)(C)C)CC1)C(=O)O. The molecule has 0 heterocycles. The third-order valence-electron chi connectivity index (χ3n) is 8.22. The maximum Gasteiger partial charge on any atom is 0.333 e. The second-order valence-corrected chi connectivity index (χ2v) is 12.5. The van der Waals surface area contributed by atoms with Gasteiger partial charge in [0.25, 0.3) is 0 Å². The lowest BCUT2D eigenvalue weighted by Gasteiger charge is -2.42. The van der Waals surface area contributed by atoms with Crippen molar-refractivity contribution in [3.8, 4) is 0 Å². The smallest absolute Gasteiger partial charge is 0.333 e. The topological polar surface area (TPSA) is 83.8 Å². The van der Waals surface area contributed by atoms with Gasteiger partial charge in [0.05, 0.1) is 24.4 Å². The lowest BCUT2D eigenvalue weighted by molar-refractivity contribution is -0.133. The predicted molar refractivity (Wildman–Crippen MR) is 132 cm³/mol. The summed E-state index contributed by atoms with van der Waals surface area (Å²) in [6.45, 7) is 17.1. The average molecular weight is 463 g/mol. The van der Waals surface area contributed by atoms with E-state index in [0.717, 1.165) is 56.9 Å². The molecule has 2 aliphatic carbocycles. The molecule has 33 heavy (non-hydrogen) atoms. The van der Waals surface area contributed by atoms with Gasteiger partial charge in [-0.3, -0.25) is 0 Å². The third-order valence-corrected chi connectivity index (χ3v) is 8.22. The molecular formula is C28H46O5. The van der Waals surface area contributed by atoms with E-state index in [1.54, 1.807) is 0 Å². The summed E-state index contributed by atoms with van der Waals surface area (Å²) in [6, 6.07) is 0. The Kier molecular flexibility index (Phi) is 9.38. The molecule has 2 N–H and O–H groups in total. The molecule has 5 nitrogen and oxygen atoms in total. The van der Waals surface area contributed by atoms with E-state index in [2.05, 4.69) is 48.1 Å². The fraction of sp³-hybridized carbons (Fsp3) is 0.786. The van der Waals surface area contributed by atoms with Crippen LogP contribution in [0.2, 0.25) is 0 Å². The van der Waals surface area contributed by atoms with Crippen LogP contribution in [0.3, 0.4) is 0 Å². The predicted octanol–water partition coefficient (Wildman–Crippen LogP) is 6.73. The van der Waals surface area contributed by atoms with Crippen molar-refractivity contribution in [2.75, 3.05) is 13.2 Å². The van der Waals surface area contributed by atoms with Crippen LogP contribution < -0.4 is 0 Å². The quantitative estimate of drug-likeness (QED) is 0.391. The Labute approximate surface area is 200 Å². The van der Waals surface area contributed by atoms with Crippen LogP contribution in [-0.4, -0.2) is 35.4 Å². The highest BCUT2D eigenvalue weighted by molar-refractivity contribution is 5.88. The number of carbonyl (C=O) groups is 2. The Morgan fingerprint density at radius 3 is 1.42 bits per heavy atom. The molecule has 2 fully saturated rings. The molecule has 0 aromatic heterocycles. The molecule has 0 amide bonds. The number of carboxylic acids is 2. The van der Waals surface area contributed by atoms with Gasteiger partial charge in [-0.1, -0.05) is 53.7 Å². The number of hydrogen-bond donors (Lipinski definition) is 2. The molecule has 5 heteroatoms. The normalized spacial score (nSPS) is 26.5. The number of allylic oxidation sites excluding steroid dienone is 1. The lowest BCUT2D eigenvalue weighted by atomic mass is 9.63. The molecular weight excluding hydrogens is 416 g/mol. The van der Waals surface area contributed by atoms with Gasteiger partial charge in [-0.15, -0.1) is 0 Å². The first-order valence-electron chi connectivity index (χ1n) is 12.7. The fourth-order valence-electron chi connectivity index (χ4n) is 5.97. The van der Waals surface area contributed by atoms with Crippen molar-refractivity contribution in [3.05, 3.63) is 23.3 Å². The van der Waals surface area contributed by atoms with Gasteiger partial charge in [0.15, 0.2) is 0 Å². The fourth-order valence-corrected chi connectivity index (χ4v) is 5.97. The Morgan fingerprint density at radius 2 is 1.12 bits per heavy atom. The molecule has 2 saturated carbocycles. The number of rotatable bonds is 8. The average Bonchev–Trinajstić information content (AvgIpc) is 2.72. The summed E-state index contributed by atoms with van der Waals surface area (Å²) in [7, 11) is 0. The minimum atomic E-state index is -1.11. The van der Waals surface area contributed by atoms with Gasteiger partial charge in [0, 0.05) is 0 Å². The highest BCUT2D eigenvalue weighted by atomic mass is 16.5. The zero-order valence-corrected chi connectivity index (χ0v) is 21.7. The summed E-state index contributed by atoms with van der Waals surface area (Å²) in [6.07, 6.45) is 8.59. The minimum absolute atomic E-state index is 0.0577. The van der Waals surface area contributed by atoms with E-state index in [4.69, 9.17) is 9.84 Å². The van der Waals surface area contributed by atoms with Crippen LogP contribution in [0.1, 0.15) is 92.9 Å². The van der Waals surface area contributed by atoms with Crippen LogP contribution in [0.4, 0.5) is 0 Å². The van der Waals surface area contributed by atoms with E-state index < -0.39 is 11.9 Å². The van der Waals surface area contributed by atoms with Gasteiger partial charge in [0.1, 0.15) is 0 Å². The van der Waals surface area contributed by atoms with Crippen LogP contribution in [0, 0.1) is 34.5 Å². The second-order valence-electron chi connectivity index (χ2n) is 12.5. The van der Waals surface area contributed by atoms with Gasteiger partial charge in [-0.25, -0.2) is 9.59 Å². The molecule has 0 unspecified atom stereocenters. The zero-order chi connectivity index (χ0) is 25.0. The van der Waals surface area contributed by atoms with Crippen LogP contribution in [-0.2, 0) is 14.3 Å². The van der Waals surface area contributed by atoms with Gasteiger partial charge in [-0.2, -0.15) is 0 Å². The monoisotopic (exact) mass is 462 g/mol. The first kappa shape index (κ1) is 27.6. The molecule has 2 aliphatic rings. The molecule has 0 saturated heterocycles. The number of hydrogen-bond acceptors (Lipinski definition) is 3. The van der Waals surface area contributed by atoms with Gasteiger partial charge in [0.2, 0.25) is 0 Å². The Morgan fingerprint density at radius 1 is 0.727 bits per heavy atom. The van der Waals surface area contributed by atoms with E-state index in [-0.39, 0.29) is 41.5 Å². The third kappa shape index (κ3) is 7.70. The molecule has 2 rings (SSSR count). The summed E-state index contributed by atoms with van der Waals surface area (Å²) in [5.74, 6) is -0.168. The maximum absolute atomic E-state index is 12.4. The highest BCUT2D eigenvalue weighted by Gasteiger charge is 2.38. The van der Waals surface area contributed by atoms with Crippen molar-refractivity contribution in [2.45, 2.75) is 92.9 Å². The van der Waals surface area contributed by atoms with Crippen LogP contribution in [0.5, 0.6) is 0 Å². The van der Waals surface area contributed by atoms with Gasteiger partial charge < -0.3 is 14.9 Å². The van der Waals surface area contributed by atoms with Gasteiger partial charge in [-0.05, 0) is 85.9 Å². The minimum Gasteiger partial charge on any atom is -0.478 e. The zero-order valence-electron chi connectivity index (χ0n) is 21.7. The van der Waals surface area contributed by atoms with E-state index in [9.17, 15) is 14.7 Å². The first-order valence-corrected chi connectivity index (χ1v) is 12.7. The van der Waals surface area contributed by atoms with Crippen LogP contribution in [0.25, 0.3) is 0 Å². The molecule has 0 aliphatic heterocycles. The molecule has 188 valence electrons. The summed E-state index contributed by atoms with van der Waals surface area (Å²) >= 11 is 0. The van der Waals surface area contributed by atoms with Gasteiger partial charge >= 0.3 is 11.9 Å². The van der Waals surface area contributed by atoms with Crippen molar-refractivity contribution in [3.63, 3.8) is 0 Å². The highest BCUT2D eigenvalue weighted by Crippen LogP contribution is 2.48. The van der Waals surface area contributed by atoms with Crippen molar-refractivity contribution >= 4 is 11.9 Å². The van der Waals surface area contributed by atoms with Crippen molar-refractivity contribution in [1.82, 2.24) is 0 Å². The van der Waals surface area contributed by atoms with E-state index in [1.165, 1.54) is 0 Å². The lowest BCUT2D eigenvalue weighted by Crippen LogP contribution is -2.32. The molecule has 0 aromatic carbocycles. The van der Waals surface area contributed by atoms with Crippen molar-refractivity contribution in [1.29, 1.82) is 0 Å². The molecule has 0 aromatic rings. The van der Waals surface area contributed by atoms with E-state index >= 15 is 0 Å². The van der Waals surface area contributed by atoms with Crippen LogP contribution >= 0.6 is 0 Å². The largest absolute Gasteiger partial charge is 0.478 e. The maximum atomic E-state index is 12.4. The van der Waals surface area contributed by atoms with Crippen LogP contribution in [0.15, 0.2) is 23.3 Å².